The van der Waals surface area contributed by atoms with Crippen LogP contribution in [0.25, 0.3) is 0 Å². The first kappa shape index (κ1) is 24.2. The van der Waals surface area contributed by atoms with Crippen LogP contribution in [0.4, 0.5) is 3.89 Å². The summed E-state index contributed by atoms with van der Waals surface area (Å²) in [6.45, 7) is 16.3. The van der Waals surface area contributed by atoms with Gasteiger partial charge in [0.2, 0.25) is 0 Å². The molecule has 1 rings (SSSR count). The fourth-order valence-electron chi connectivity index (χ4n) is 2.47. The first-order chi connectivity index (χ1) is 12.4. The van der Waals surface area contributed by atoms with Gasteiger partial charge in [0.15, 0.2) is 0 Å². The van der Waals surface area contributed by atoms with E-state index in [2.05, 4.69) is 57.9 Å². The monoisotopic (exact) mass is 374 g/mol. The van der Waals surface area contributed by atoms with Gasteiger partial charge < -0.3 is 0 Å². The Hall–Kier alpha value is -1.80. The standard InChI is InChI=1S/C22H31FS.C2H4/c1-6-9-11-12-19(4)22-15-14-21(16-17-24(22,5)23)18-20(8-3)13-10-7-2;1-2/h6,9-15,18H,4,7-8,16-17H2,1-3,5H3;1-2H2/b9-6-,12-11-,13-10-,20-18+;. The van der Waals surface area contributed by atoms with Gasteiger partial charge in [0.1, 0.15) is 0 Å². The summed E-state index contributed by atoms with van der Waals surface area (Å²) in [5, 5.41) is 0. The van der Waals surface area contributed by atoms with E-state index in [9.17, 15) is 0 Å². The highest BCUT2D eigenvalue weighted by Gasteiger charge is 2.25. The smallest absolute Gasteiger partial charge is 0.0238 e. The largest absolute Gasteiger partial charge is 0.185 e. The fourth-order valence-corrected chi connectivity index (χ4v) is 4.27. The van der Waals surface area contributed by atoms with Gasteiger partial charge in [0.05, 0.1) is 0 Å². The Kier molecular flexibility index (Phi) is 12.5. The second-order valence-electron chi connectivity index (χ2n) is 6.00. The summed E-state index contributed by atoms with van der Waals surface area (Å²) in [7, 11) is -2.30. The van der Waals surface area contributed by atoms with Crippen LogP contribution in [0.5, 0.6) is 0 Å². The topological polar surface area (TPSA) is 0 Å². The van der Waals surface area contributed by atoms with Crippen LogP contribution >= 0.6 is 10.4 Å². The van der Waals surface area contributed by atoms with Crippen molar-refractivity contribution in [3.05, 3.63) is 96.0 Å². The Morgan fingerprint density at radius 1 is 1.19 bits per heavy atom. The molecule has 1 aliphatic heterocycles. The van der Waals surface area contributed by atoms with Crippen molar-refractivity contribution in [3.8, 4) is 0 Å². The van der Waals surface area contributed by atoms with E-state index in [1.165, 1.54) is 11.1 Å². The summed E-state index contributed by atoms with van der Waals surface area (Å²) >= 11 is 0. The zero-order valence-corrected chi connectivity index (χ0v) is 17.7. The van der Waals surface area contributed by atoms with Gasteiger partial charge in [-0.15, -0.1) is 13.2 Å². The van der Waals surface area contributed by atoms with Crippen LogP contribution in [0.15, 0.2) is 96.0 Å². The van der Waals surface area contributed by atoms with Crippen molar-refractivity contribution in [1.29, 1.82) is 0 Å². The normalized spacial score (nSPS) is 23.8. The fraction of sp³-hybridized carbons (Fsp3) is 0.333. The van der Waals surface area contributed by atoms with Gasteiger partial charge in [-0.2, -0.15) is 3.89 Å². The summed E-state index contributed by atoms with van der Waals surface area (Å²) in [6, 6.07) is 0. The van der Waals surface area contributed by atoms with Crippen molar-refractivity contribution < 1.29 is 3.89 Å². The Morgan fingerprint density at radius 2 is 1.88 bits per heavy atom. The number of hydrogen-bond acceptors (Lipinski definition) is 0. The molecule has 0 fully saturated rings. The summed E-state index contributed by atoms with van der Waals surface area (Å²) in [6.07, 6.45) is 22.8. The molecule has 1 atom stereocenters. The molecule has 26 heavy (non-hydrogen) atoms. The quantitative estimate of drug-likeness (QED) is 0.310. The van der Waals surface area contributed by atoms with E-state index in [0.29, 0.717) is 5.75 Å². The Labute approximate surface area is 162 Å². The van der Waals surface area contributed by atoms with Crippen molar-refractivity contribution >= 4 is 10.4 Å². The first-order valence-corrected chi connectivity index (χ1v) is 11.3. The third-order valence-corrected chi connectivity index (χ3v) is 6.23. The molecule has 0 aromatic heterocycles. The third-order valence-electron chi connectivity index (χ3n) is 3.95. The maximum atomic E-state index is 15.2. The van der Waals surface area contributed by atoms with E-state index in [4.69, 9.17) is 0 Å². The van der Waals surface area contributed by atoms with E-state index in [1.54, 1.807) is 6.26 Å². The lowest BCUT2D eigenvalue weighted by Gasteiger charge is -2.28. The zero-order valence-electron chi connectivity index (χ0n) is 16.9. The minimum atomic E-state index is -2.30. The number of rotatable bonds is 7. The molecule has 0 radical (unpaired) electrons. The molecule has 1 aliphatic rings. The molecule has 0 N–H and O–H groups in total. The van der Waals surface area contributed by atoms with Crippen molar-refractivity contribution in [2.24, 2.45) is 0 Å². The van der Waals surface area contributed by atoms with Crippen molar-refractivity contribution in [2.75, 3.05) is 12.0 Å². The van der Waals surface area contributed by atoms with Crippen molar-refractivity contribution in [2.45, 2.75) is 40.0 Å². The molecular formula is C24H35FS. The summed E-state index contributed by atoms with van der Waals surface area (Å²) in [5.74, 6) is 0.562. The van der Waals surface area contributed by atoms with Crippen LogP contribution in [0.1, 0.15) is 40.0 Å². The SMILES string of the molecule is C=C.C=C(/C=C\C=C/C)C1=CC=C(/C=C(/C=C\CC)CC)CCS1(C)F. The molecule has 0 bridgehead atoms. The van der Waals surface area contributed by atoms with Gasteiger partial charge in [-0.25, -0.2) is 0 Å². The molecule has 1 heterocycles. The predicted molar refractivity (Wildman–Crippen MR) is 122 cm³/mol. The average Bonchev–Trinajstić information content (AvgIpc) is 2.78. The maximum absolute atomic E-state index is 15.2. The molecular weight excluding hydrogens is 339 g/mol. The van der Waals surface area contributed by atoms with Crippen molar-refractivity contribution in [1.82, 2.24) is 0 Å². The van der Waals surface area contributed by atoms with Crippen LogP contribution in [0.3, 0.4) is 0 Å². The Balaban J connectivity index is 0.00000301. The second kappa shape index (κ2) is 13.4. The zero-order chi connectivity index (χ0) is 20.0. The highest BCUT2D eigenvalue weighted by Crippen LogP contribution is 2.58. The van der Waals surface area contributed by atoms with Gasteiger partial charge in [-0.1, -0.05) is 79.4 Å². The molecule has 0 spiro atoms. The number of allylic oxidation sites excluding steroid dienone is 12. The predicted octanol–water partition coefficient (Wildman–Crippen LogP) is 8.31. The van der Waals surface area contributed by atoms with Gasteiger partial charge in [-0.3, -0.25) is 0 Å². The lowest BCUT2D eigenvalue weighted by molar-refractivity contribution is 0.892. The minimum absolute atomic E-state index is 0.562. The minimum Gasteiger partial charge on any atom is -0.185 e. The van der Waals surface area contributed by atoms with Gasteiger partial charge >= 0.3 is 0 Å². The van der Waals surface area contributed by atoms with E-state index in [0.717, 1.165) is 29.7 Å². The molecule has 0 saturated carbocycles. The van der Waals surface area contributed by atoms with Gasteiger partial charge in [-0.05, 0) is 55.2 Å². The number of hydrogen-bond donors (Lipinski definition) is 0. The highest BCUT2D eigenvalue weighted by atomic mass is 32.3. The first-order valence-electron chi connectivity index (χ1n) is 9.16. The van der Waals surface area contributed by atoms with Crippen LogP contribution in [-0.2, 0) is 0 Å². The molecule has 2 heteroatoms. The maximum Gasteiger partial charge on any atom is 0.0238 e. The van der Waals surface area contributed by atoms with Crippen LogP contribution in [0.2, 0.25) is 0 Å². The highest BCUT2D eigenvalue weighted by molar-refractivity contribution is 8.32. The molecule has 0 nitrogen and oxygen atoms in total. The van der Waals surface area contributed by atoms with Crippen LogP contribution in [0, 0.1) is 0 Å². The Bertz CT molecular complexity index is 625. The van der Waals surface area contributed by atoms with Gasteiger partial charge in [0, 0.05) is 10.7 Å². The molecule has 0 aromatic rings. The molecule has 144 valence electrons. The van der Waals surface area contributed by atoms with E-state index >= 15 is 3.89 Å². The third kappa shape index (κ3) is 8.53. The van der Waals surface area contributed by atoms with E-state index < -0.39 is 10.4 Å². The van der Waals surface area contributed by atoms with E-state index in [1.807, 2.05) is 37.3 Å². The van der Waals surface area contributed by atoms with Gasteiger partial charge in [0.25, 0.3) is 0 Å². The van der Waals surface area contributed by atoms with Crippen LogP contribution in [-0.4, -0.2) is 12.0 Å². The average molecular weight is 375 g/mol. The lowest BCUT2D eigenvalue weighted by Crippen LogP contribution is -2.01. The summed E-state index contributed by atoms with van der Waals surface area (Å²) in [5.41, 5.74) is 3.27. The summed E-state index contributed by atoms with van der Waals surface area (Å²) < 4.78 is 15.2. The molecule has 0 amide bonds. The lowest BCUT2D eigenvalue weighted by atomic mass is 10.1. The van der Waals surface area contributed by atoms with Crippen LogP contribution < -0.4 is 0 Å². The molecule has 0 aromatic carbocycles. The molecule has 1 unspecified atom stereocenters. The van der Waals surface area contributed by atoms with E-state index in [-0.39, 0.29) is 0 Å². The Morgan fingerprint density at radius 3 is 2.46 bits per heavy atom. The molecule has 0 saturated heterocycles. The number of halogens is 1. The van der Waals surface area contributed by atoms with Crippen molar-refractivity contribution in [3.63, 3.8) is 0 Å². The second-order valence-corrected chi connectivity index (χ2v) is 8.80. The molecule has 0 aliphatic carbocycles. The summed E-state index contributed by atoms with van der Waals surface area (Å²) in [4.78, 5) is 0.758.